The van der Waals surface area contributed by atoms with Crippen molar-refractivity contribution in [2.45, 2.75) is 9.92 Å². The smallest absolute Gasteiger partial charge is 0.226 e. The largest absolute Gasteiger partial charge is 0.369 e. The number of hydrogen-bond acceptors (Lipinski definition) is 5. The minimum absolute atomic E-state index is 0.0821. The van der Waals surface area contributed by atoms with Crippen molar-refractivity contribution in [3.63, 3.8) is 0 Å². The molecule has 6 nitrogen and oxygen atoms in total. The molecule has 2 heterocycles. The predicted molar refractivity (Wildman–Crippen MR) is 97.7 cm³/mol. The van der Waals surface area contributed by atoms with Crippen molar-refractivity contribution in [2.75, 3.05) is 38.1 Å². The number of aromatic nitrogens is 2. The molecule has 0 saturated carbocycles. The topological polar surface area (TPSA) is 69.3 Å². The molecule has 1 aromatic heterocycles. The van der Waals surface area contributed by atoms with Gasteiger partial charge >= 0.3 is 0 Å². The molecule has 0 radical (unpaired) electrons. The lowest BCUT2D eigenvalue weighted by Gasteiger charge is -2.34. The van der Waals surface area contributed by atoms with E-state index in [0.717, 1.165) is 37.4 Å². The summed E-state index contributed by atoms with van der Waals surface area (Å²) in [7, 11) is -1.51. The Morgan fingerprint density at radius 3 is 2.44 bits per heavy atom. The van der Waals surface area contributed by atoms with Crippen LogP contribution in [0.5, 0.6) is 0 Å². The molecule has 4 rings (SSSR count). The average Bonchev–Trinajstić information content (AvgIpc) is 3.07. The van der Waals surface area contributed by atoms with E-state index in [4.69, 9.17) is 0 Å². The number of aromatic amines is 1. The van der Waals surface area contributed by atoms with Crippen LogP contribution in [0, 0.1) is 0 Å². The van der Waals surface area contributed by atoms with Crippen molar-refractivity contribution in [3.8, 4) is 0 Å². The van der Waals surface area contributed by atoms with Gasteiger partial charge in [0.05, 0.1) is 10.4 Å². The van der Waals surface area contributed by atoms with Gasteiger partial charge in [-0.25, -0.2) is 8.42 Å². The van der Waals surface area contributed by atoms with Crippen LogP contribution in [0.15, 0.2) is 58.5 Å². The Labute approximate surface area is 147 Å². The lowest BCUT2D eigenvalue weighted by molar-refractivity contribution is 0.313. The third-order valence-corrected chi connectivity index (χ3v) is 6.40. The number of fused-ring (bicyclic) bond motifs is 1. The molecule has 0 atom stereocenters. The van der Waals surface area contributed by atoms with E-state index in [9.17, 15) is 8.42 Å². The summed E-state index contributed by atoms with van der Waals surface area (Å²) in [4.78, 5) is 4.87. The van der Waals surface area contributed by atoms with Crippen molar-refractivity contribution in [1.29, 1.82) is 0 Å². The molecule has 0 spiro atoms. The van der Waals surface area contributed by atoms with Crippen molar-refractivity contribution in [2.24, 2.45) is 0 Å². The van der Waals surface area contributed by atoms with E-state index in [1.165, 1.54) is 0 Å². The first-order valence-electron chi connectivity index (χ1n) is 8.27. The zero-order chi connectivity index (χ0) is 17.4. The lowest BCUT2D eigenvalue weighted by Crippen LogP contribution is -2.44. The molecule has 25 heavy (non-hydrogen) atoms. The average molecular weight is 356 g/mol. The molecular formula is C18H20N4O2S. The Bertz CT molecular complexity index is 990. The van der Waals surface area contributed by atoms with E-state index in [2.05, 4.69) is 27.0 Å². The van der Waals surface area contributed by atoms with Crippen molar-refractivity contribution in [3.05, 3.63) is 48.5 Å². The molecular weight excluding hydrogens is 336 g/mol. The molecule has 1 aliphatic rings. The van der Waals surface area contributed by atoms with Gasteiger partial charge in [-0.05, 0) is 37.4 Å². The molecule has 3 aromatic rings. The van der Waals surface area contributed by atoms with Gasteiger partial charge in [0.25, 0.3) is 0 Å². The SMILES string of the molecule is CN1CCN(c2ccc3c(S(=O)(=O)c4ccccc4)n[nH]c3c2)CC1. The van der Waals surface area contributed by atoms with Crippen LogP contribution in [-0.4, -0.2) is 56.7 Å². The maximum Gasteiger partial charge on any atom is 0.226 e. The third kappa shape index (κ3) is 2.89. The number of hydrogen-bond donors (Lipinski definition) is 1. The van der Waals surface area contributed by atoms with Crippen LogP contribution in [0.2, 0.25) is 0 Å². The molecule has 1 saturated heterocycles. The van der Waals surface area contributed by atoms with Crippen LogP contribution in [0.25, 0.3) is 10.9 Å². The highest BCUT2D eigenvalue weighted by molar-refractivity contribution is 7.91. The van der Waals surface area contributed by atoms with Gasteiger partial charge in [-0.2, -0.15) is 5.10 Å². The highest BCUT2D eigenvalue weighted by Gasteiger charge is 2.24. The van der Waals surface area contributed by atoms with Crippen LogP contribution in [0.1, 0.15) is 0 Å². The molecule has 7 heteroatoms. The Morgan fingerprint density at radius 1 is 1.00 bits per heavy atom. The van der Waals surface area contributed by atoms with Gasteiger partial charge in [0, 0.05) is 37.3 Å². The predicted octanol–water partition coefficient (Wildman–Crippen LogP) is 2.15. The quantitative estimate of drug-likeness (QED) is 0.779. The molecule has 0 amide bonds. The number of benzene rings is 2. The molecule has 1 fully saturated rings. The summed E-state index contributed by atoms with van der Waals surface area (Å²) in [5.41, 5.74) is 1.83. The van der Waals surface area contributed by atoms with Gasteiger partial charge < -0.3 is 9.80 Å². The summed E-state index contributed by atoms with van der Waals surface area (Å²) in [6.45, 7) is 3.97. The fraction of sp³-hybridized carbons (Fsp3) is 0.278. The van der Waals surface area contributed by atoms with Crippen LogP contribution >= 0.6 is 0 Å². The fourth-order valence-corrected chi connectivity index (χ4v) is 4.53. The minimum Gasteiger partial charge on any atom is -0.369 e. The van der Waals surface area contributed by atoms with Gasteiger partial charge in [-0.3, -0.25) is 5.10 Å². The number of nitrogens with zero attached hydrogens (tertiary/aromatic N) is 3. The van der Waals surface area contributed by atoms with E-state index >= 15 is 0 Å². The molecule has 0 bridgehead atoms. The Balaban J connectivity index is 1.71. The highest BCUT2D eigenvalue weighted by atomic mass is 32.2. The summed E-state index contributed by atoms with van der Waals surface area (Å²) in [5.74, 6) is 0. The van der Waals surface area contributed by atoms with E-state index < -0.39 is 9.84 Å². The number of rotatable bonds is 3. The third-order valence-electron chi connectivity index (χ3n) is 4.69. The molecule has 1 N–H and O–H groups in total. The van der Waals surface area contributed by atoms with E-state index in [-0.39, 0.29) is 9.92 Å². The molecule has 0 unspecified atom stereocenters. The van der Waals surface area contributed by atoms with Crippen molar-refractivity contribution >= 4 is 26.4 Å². The van der Waals surface area contributed by atoms with Gasteiger partial charge in [-0.1, -0.05) is 18.2 Å². The zero-order valence-corrected chi connectivity index (χ0v) is 14.8. The Hall–Kier alpha value is -2.38. The maximum absolute atomic E-state index is 12.8. The van der Waals surface area contributed by atoms with Gasteiger partial charge in [-0.15, -0.1) is 0 Å². The second kappa shape index (κ2) is 6.16. The number of H-pyrrole nitrogens is 1. The minimum atomic E-state index is -3.63. The highest BCUT2D eigenvalue weighted by Crippen LogP contribution is 2.29. The fourth-order valence-electron chi connectivity index (χ4n) is 3.16. The van der Waals surface area contributed by atoms with Gasteiger partial charge in [0.15, 0.2) is 5.03 Å². The molecule has 2 aromatic carbocycles. The first-order chi connectivity index (χ1) is 12.1. The lowest BCUT2D eigenvalue weighted by atomic mass is 10.2. The molecule has 1 aliphatic heterocycles. The van der Waals surface area contributed by atoms with Crippen molar-refractivity contribution in [1.82, 2.24) is 15.1 Å². The summed E-state index contributed by atoms with van der Waals surface area (Å²) < 4.78 is 25.7. The van der Waals surface area contributed by atoms with E-state index in [0.29, 0.717) is 5.39 Å². The van der Waals surface area contributed by atoms with Crippen LogP contribution in [0.3, 0.4) is 0 Å². The molecule has 130 valence electrons. The molecule has 0 aliphatic carbocycles. The number of likely N-dealkylation sites (N-methyl/N-ethyl adjacent to an activating group) is 1. The summed E-state index contributed by atoms with van der Waals surface area (Å²) in [6, 6.07) is 14.2. The van der Waals surface area contributed by atoms with Gasteiger partial charge in [0.1, 0.15) is 0 Å². The standard InChI is InChI=1S/C18H20N4O2S/c1-21-9-11-22(12-10-21)14-7-8-16-17(13-14)19-20-18(16)25(23,24)15-5-3-2-4-6-15/h2-8,13H,9-12H2,1H3,(H,19,20). The maximum atomic E-state index is 12.8. The number of nitrogens with one attached hydrogen (secondary N) is 1. The van der Waals surface area contributed by atoms with E-state index in [1.807, 2.05) is 18.2 Å². The number of anilines is 1. The first kappa shape index (κ1) is 16.1. The van der Waals surface area contributed by atoms with Crippen LogP contribution in [-0.2, 0) is 9.84 Å². The summed E-state index contributed by atoms with van der Waals surface area (Å²) in [5, 5.41) is 7.70. The first-order valence-corrected chi connectivity index (χ1v) is 9.76. The van der Waals surface area contributed by atoms with Gasteiger partial charge in [0.2, 0.25) is 9.84 Å². The second-order valence-corrected chi connectivity index (χ2v) is 8.23. The summed E-state index contributed by atoms with van der Waals surface area (Å²) >= 11 is 0. The van der Waals surface area contributed by atoms with Crippen LogP contribution in [0.4, 0.5) is 5.69 Å². The zero-order valence-electron chi connectivity index (χ0n) is 14.0. The normalized spacial score (nSPS) is 16.4. The number of sulfone groups is 1. The Kier molecular flexibility index (Phi) is 3.97. The van der Waals surface area contributed by atoms with Crippen molar-refractivity contribution < 1.29 is 8.42 Å². The van der Waals surface area contributed by atoms with Crippen LogP contribution < -0.4 is 4.90 Å². The monoisotopic (exact) mass is 356 g/mol. The Morgan fingerprint density at radius 2 is 1.72 bits per heavy atom. The second-order valence-electron chi connectivity index (χ2n) is 6.37. The summed E-state index contributed by atoms with van der Waals surface area (Å²) in [6.07, 6.45) is 0. The number of piperazine rings is 1. The van der Waals surface area contributed by atoms with E-state index in [1.54, 1.807) is 30.3 Å².